The lowest BCUT2D eigenvalue weighted by molar-refractivity contribution is -0.384. The Bertz CT molecular complexity index is 1130. The first-order valence-corrected chi connectivity index (χ1v) is 10.2. The number of likely N-dealkylation sites (tertiary alicyclic amines) is 1. The van der Waals surface area contributed by atoms with Crippen LogP contribution in [0.15, 0.2) is 54.1 Å². The van der Waals surface area contributed by atoms with Gasteiger partial charge >= 0.3 is 5.97 Å². The molecule has 0 aromatic heterocycles. The van der Waals surface area contributed by atoms with Crippen LogP contribution in [0.5, 0.6) is 0 Å². The van der Waals surface area contributed by atoms with Gasteiger partial charge in [-0.1, -0.05) is 24.6 Å². The van der Waals surface area contributed by atoms with E-state index in [1.54, 1.807) is 0 Å². The monoisotopic (exact) mass is 456 g/mol. The largest absolute Gasteiger partial charge is 0.507 e. The average Bonchev–Trinajstić information content (AvgIpc) is 3.03. The van der Waals surface area contributed by atoms with Crippen molar-refractivity contribution in [3.8, 4) is 0 Å². The van der Waals surface area contributed by atoms with Gasteiger partial charge in [0.15, 0.2) is 0 Å². The maximum absolute atomic E-state index is 14.7. The van der Waals surface area contributed by atoms with Crippen molar-refractivity contribution >= 4 is 29.1 Å². The number of carbonyl (C=O) groups excluding carboxylic acids is 2. The summed E-state index contributed by atoms with van der Waals surface area (Å²) < 4.78 is 14.7. The number of nitrogens with zero attached hydrogens (tertiary/aromatic N) is 2. The third kappa shape index (κ3) is 5.05. The molecule has 9 nitrogen and oxygen atoms in total. The molecule has 1 unspecified atom stereocenters. The molecule has 0 spiro atoms. The van der Waals surface area contributed by atoms with Crippen molar-refractivity contribution in [1.82, 2.24) is 4.90 Å². The van der Waals surface area contributed by atoms with E-state index in [9.17, 15) is 34.0 Å². The number of hydrogen-bond donors (Lipinski definition) is 2. The third-order valence-electron chi connectivity index (χ3n) is 5.38. The topological polar surface area (TPSA) is 138 Å². The van der Waals surface area contributed by atoms with Crippen molar-refractivity contribution in [2.75, 3.05) is 6.54 Å². The summed E-state index contributed by atoms with van der Waals surface area (Å²) in [5.74, 6) is -4.08. The number of hydrogen-bond acceptors (Lipinski definition) is 6. The number of aliphatic carboxylic acids is 1. The van der Waals surface area contributed by atoms with Crippen molar-refractivity contribution in [2.45, 2.75) is 31.7 Å². The van der Waals surface area contributed by atoms with Gasteiger partial charge in [0.25, 0.3) is 17.4 Å². The fourth-order valence-electron chi connectivity index (χ4n) is 3.76. The molecule has 0 aliphatic carbocycles. The number of carboxylic acids is 1. The van der Waals surface area contributed by atoms with Crippen molar-refractivity contribution in [3.05, 3.63) is 81.2 Å². The van der Waals surface area contributed by atoms with Crippen LogP contribution in [0.3, 0.4) is 0 Å². The van der Waals surface area contributed by atoms with Gasteiger partial charge in [0.1, 0.15) is 11.6 Å². The first kappa shape index (κ1) is 23.6. The van der Waals surface area contributed by atoms with Crippen LogP contribution < -0.4 is 0 Å². The number of nitro groups is 1. The van der Waals surface area contributed by atoms with Crippen LogP contribution in [0.1, 0.15) is 42.9 Å². The normalized spacial score (nSPS) is 17.4. The molecule has 1 saturated heterocycles. The van der Waals surface area contributed by atoms with Crippen LogP contribution in [0, 0.1) is 15.9 Å². The molecule has 0 radical (unpaired) electrons. The highest BCUT2D eigenvalue weighted by atomic mass is 19.1. The number of Topliss-reactive ketones (excluding diaryl/α,β-unsaturated/α-hetero) is 1. The molecule has 172 valence electrons. The van der Waals surface area contributed by atoms with Gasteiger partial charge in [-0.2, -0.15) is 0 Å². The fourth-order valence-corrected chi connectivity index (χ4v) is 3.76. The summed E-state index contributed by atoms with van der Waals surface area (Å²) in [4.78, 5) is 47.8. The molecule has 2 aromatic rings. The summed E-state index contributed by atoms with van der Waals surface area (Å²) >= 11 is 0. The van der Waals surface area contributed by atoms with Crippen molar-refractivity contribution in [3.63, 3.8) is 0 Å². The number of carbonyl (C=O) groups is 3. The zero-order valence-electron chi connectivity index (χ0n) is 17.4. The number of non-ortho nitro benzene ring substituents is 1. The molecule has 1 amide bonds. The van der Waals surface area contributed by atoms with Crippen LogP contribution in [0.2, 0.25) is 0 Å². The first-order valence-electron chi connectivity index (χ1n) is 10.2. The van der Waals surface area contributed by atoms with Crippen molar-refractivity contribution in [1.29, 1.82) is 0 Å². The molecule has 1 fully saturated rings. The summed E-state index contributed by atoms with van der Waals surface area (Å²) in [5, 5.41) is 30.5. The molecule has 10 heteroatoms. The molecule has 1 atom stereocenters. The molecule has 1 aliphatic heterocycles. The maximum atomic E-state index is 14.7. The molecule has 1 heterocycles. The Morgan fingerprint density at radius 2 is 1.70 bits per heavy atom. The quantitative estimate of drug-likeness (QED) is 0.146. The molecule has 0 saturated carbocycles. The lowest BCUT2D eigenvalue weighted by atomic mass is 9.94. The van der Waals surface area contributed by atoms with Crippen LogP contribution in [0.4, 0.5) is 10.1 Å². The number of rotatable bonds is 9. The second-order valence-corrected chi connectivity index (χ2v) is 7.52. The average molecular weight is 456 g/mol. The van der Waals surface area contributed by atoms with Crippen molar-refractivity contribution in [2.24, 2.45) is 0 Å². The van der Waals surface area contributed by atoms with Gasteiger partial charge in [0.05, 0.1) is 16.5 Å². The number of carboxylic acid groups (broad SMARTS) is 1. The van der Waals surface area contributed by atoms with E-state index < -0.39 is 40.2 Å². The number of aliphatic hydroxyl groups excluding tert-OH is 1. The standard InChI is InChI=1S/C23H21FN2O7/c24-17-7-4-3-6-16(17)20-19(21(29)14-9-11-15(12-10-14)26(32)33)22(30)23(31)25(20)13-5-1-2-8-18(27)28/h3-4,6-7,9-12,20,29H,1-2,5,8,13H2,(H,27,28)/b21-19+. The molecular weight excluding hydrogens is 435 g/mol. The minimum atomic E-state index is -1.19. The Morgan fingerprint density at radius 3 is 2.30 bits per heavy atom. The molecule has 33 heavy (non-hydrogen) atoms. The summed E-state index contributed by atoms with van der Waals surface area (Å²) in [6.45, 7) is 0.0558. The molecular formula is C23H21FN2O7. The number of unbranched alkanes of at least 4 members (excludes halogenated alkanes) is 2. The number of benzene rings is 2. The van der Waals surface area contributed by atoms with Crippen LogP contribution in [-0.4, -0.2) is 44.2 Å². The van der Waals surface area contributed by atoms with Gasteiger partial charge in [-0.15, -0.1) is 0 Å². The van der Waals surface area contributed by atoms with E-state index in [0.717, 1.165) is 12.1 Å². The van der Waals surface area contributed by atoms with E-state index in [2.05, 4.69) is 0 Å². The van der Waals surface area contributed by atoms with E-state index >= 15 is 0 Å². The first-order chi connectivity index (χ1) is 15.7. The Balaban J connectivity index is 2.00. The van der Waals surface area contributed by atoms with Gasteiger partial charge in [-0.25, -0.2) is 4.39 Å². The van der Waals surface area contributed by atoms with Crippen LogP contribution in [-0.2, 0) is 14.4 Å². The van der Waals surface area contributed by atoms with Gasteiger partial charge in [0, 0.05) is 36.2 Å². The summed E-state index contributed by atoms with van der Waals surface area (Å²) in [7, 11) is 0. The zero-order valence-corrected chi connectivity index (χ0v) is 17.4. The third-order valence-corrected chi connectivity index (χ3v) is 5.38. The lowest BCUT2D eigenvalue weighted by Crippen LogP contribution is -2.31. The minimum Gasteiger partial charge on any atom is -0.507 e. The predicted octanol–water partition coefficient (Wildman–Crippen LogP) is 3.80. The number of nitro benzene ring substituents is 1. The van der Waals surface area contributed by atoms with Gasteiger partial charge in [0.2, 0.25) is 0 Å². The van der Waals surface area contributed by atoms with E-state index in [4.69, 9.17) is 5.11 Å². The van der Waals surface area contributed by atoms with E-state index in [1.807, 2.05) is 0 Å². The zero-order chi connectivity index (χ0) is 24.1. The maximum Gasteiger partial charge on any atom is 0.303 e. The number of aliphatic hydroxyl groups is 1. The van der Waals surface area contributed by atoms with Gasteiger partial charge < -0.3 is 15.1 Å². The van der Waals surface area contributed by atoms with Crippen LogP contribution >= 0.6 is 0 Å². The van der Waals surface area contributed by atoms with Crippen LogP contribution in [0.25, 0.3) is 5.76 Å². The SMILES string of the molecule is O=C(O)CCCCCN1C(=O)C(=O)/C(=C(/O)c2ccc([N+](=O)[O-])cc2)C1c1ccccc1F. The molecule has 2 aromatic carbocycles. The highest BCUT2D eigenvalue weighted by Crippen LogP contribution is 2.40. The van der Waals surface area contributed by atoms with E-state index in [-0.39, 0.29) is 35.4 Å². The second-order valence-electron chi connectivity index (χ2n) is 7.52. The van der Waals surface area contributed by atoms with Gasteiger partial charge in [-0.3, -0.25) is 24.5 Å². The minimum absolute atomic E-state index is 0.0192. The Morgan fingerprint density at radius 1 is 1.03 bits per heavy atom. The summed E-state index contributed by atoms with van der Waals surface area (Å²) in [6.07, 6.45) is 1.20. The Hall–Kier alpha value is -4.08. The molecule has 2 N–H and O–H groups in total. The summed E-state index contributed by atoms with van der Waals surface area (Å²) in [5.41, 5.74) is -0.449. The highest BCUT2D eigenvalue weighted by molar-refractivity contribution is 6.46. The lowest BCUT2D eigenvalue weighted by Gasteiger charge is -2.25. The molecule has 0 bridgehead atoms. The number of halogens is 1. The van der Waals surface area contributed by atoms with Gasteiger partial charge in [-0.05, 0) is 31.0 Å². The van der Waals surface area contributed by atoms with E-state index in [0.29, 0.717) is 19.3 Å². The second kappa shape index (κ2) is 10.0. The predicted molar refractivity (Wildman–Crippen MR) is 115 cm³/mol. The van der Waals surface area contributed by atoms with Crippen molar-refractivity contribution < 1.29 is 33.9 Å². The van der Waals surface area contributed by atoms with E-state index in [1.165, 1.54) is 41.3 Å². The highest BCUT2D eigenvalue weighted by Gasteiger charge is 2.46. The molecule has 1 aliphatic rings. The Labute approximate surface area is 187 Å². The Kier molecular flexibility index (Phi) is 7.17. The number of ketones is 1. The molecule has 3 rings (SSSR count). The summed E-state index contributed by atoms with van der Waals surface area (Å²) in [6, 6.07) is 9.15. The number of amides is 1. The fraction of sp³-hybridized carbons (Fsp3) is 0.261. The smallest absolute Gasteiger partial charge is 0.303 e.